The molecule has 1 aliphatic rings. The zero-order valence-corrected chi connectivity index (χ0v) is 19.0. The van der Waals surface area contributed by atoms with Gasteiger partial charge in [-0.15, -0.1) is 0 Å². The van der Waals surface area contributed by atoms with Gasteiger partial charge >= 0.3 is 0 Å². The fourth-order valence-corrected chi connectivity index (χ4v) is 5.53. The molecule has 0 amide bonds. The molecule has 5 rings (SSSR count). The standard InChI is InChI=1S/C26H29N3Si/c1-30(2,3)22-14-17-29-23(18-22)28-24(25(29)20-8-5-4-6-9-20)19-10-12-21(13-11-19)26(27)15-7-16-26/h4-6,8-14,17-18H,7,15-16,27H2,1-3H3. The van der Waals surface area contributed by atoms with Crippen LogP contribution in [0.15, 0.2) is 72.9 Å². The zero-order chi connectivity index (χ0) is 20.9. The summed E-state index contributed by atoms with van der Waals surface area (Å²) in [7, 11) is -1.41. The van der Waals surface area contributed by atoms with Crippen LogP contribution >= 0.6 is 0 Å². The minimum atomic E-state index is -1.41. The molecule has 2 aromatic heterocycles. The third kappa shape index (κ3) is 3.20. The number of benzene rings is 2. The topological polar surface area (TPSA) is 43.3 Å². The Morgan fingerprint density at radius 2 is 1.60 bits per heavy atom. The highest BCUT2D eigenvalue weighted by atomic mass is 28.3. The fourth-order valence-electron chi connectivity index (χ4n) is 4.39. The van der Waals surface area contributed by atoms with Crippen LogP contribution in [0.5, 0.6) is 0 Å². The van der Waals surface area contributed by atoms with Crippen LogP contribution in [0, 0.1) is 0 Å². The lowest BCUT2D eigenvalue weighted by molar-refractivity contribution is 0.253. The molecule has 0 atom stereocenters. The van der Waals surface area contributed by atoms with E-state index in [4.69, 9.17) is 10.7 Å². The summed E-state index contributed by atoms with van der Waals surface area (Å²) >= 11 is 0. The molecular formula is C26H29N3Si. The smallest absolute Gasteiger partial charge is 0.137 e. The molecule has 0 unspecified atom stereocenters. The van der Waals surface area contributed by atoms with Gasteiger partial charge in [0.05, 0.1) is 19.5 Å². The molecule has 2 N–H and O–H groups in total. The van der Waals surface area contributed by atoms with Crippen LogP contribution in [0.3, 0.4) is 0 Å². The van der Waals surface area contributed by atoms with Gasteiger partial charge in [0.1, 0.15) is 5.65 Å². The van der Waals surface area contributed by atoms with Crippen LogP contribution in [0.2, 0.25) is 19.6 Å². The lowest BCUT2D eigenvalue weighted by Gasteiger charge is -2.38. The number of nitrogens with two attached hydrogens (primary N) is 1. The fraction of sp³-hybridized carbons (Fsp3) is 0.269. The van der Waals surface area contributed by atoms with Gasteiger partial charge in [-0.05, 0) is 37.0 Å². The first kappa shape index (κ1) is 19.3. The number of hydrogen-bond donors (Lipinski definition) is 1. The molecule has 1 aliphatic carbocycles. The highest BCUT2D eigenvalue weighted by Gasteiger charge is 2.34. The second-order valence-electron chi connectivity index (χ2n) is 9.66. The lowest BCUT2D eigenvalue weighted by Crippen LogP contribution is -2.43. The first-order chi connectivity index (χ1) is 14.4. The van der Waals surface area contributed by atoms with E-state index in [2.05, 4.69) is 97.0 Å². The Bertz CT molecular complexity index is 1200. The quantitative estimate of drug-likeness (QED) is 0.447. The molecule has 1 saturated carbocycles. The van der Waals surface area contributed by atoms with Crippen LogP contribution < -0.4 is 10.9 Å². The maximum absolute atomic E-state index is 6.54. The number of aromatic nitrogens is 2. The Hall–Kier alpha value is -2.69. The van der Waals surface area contributed by atoms with Gasteiger partial charge in [0.15, 0.2) is 0 Å². The molecular weight excluding hydrogens is 382 g/mol. The summed E-state index contributed by atoms with van der Waals surface area (Å²) < 4.78 is 2.23. The van der Waals surface area contributed by atoms with E-state index in [1.807, 2.05) is 0 Å². The maximum Gasteiger partial charge on any atom is 0.137 e. The summed E-state index contributed by atoms with van der Waals surface area (Å²) in [5.41, 5.74) is 13.1. The summed E-state index contributed by atoms with van der Waals surface area (Å²) in [5, 5.41) is 1.43. The number of fused-ring (bicyclic) bond motifs is 1. The highest BCUT2D eigenvalue weighted by molar-refractivity contribution is 6.88. The van der Waals surface area contributed by atoms with E-state index in [0.717, 1.165) is 35.4 Å². The van der Waals surface area contributed by atoms with Crippen LogP contribution in [0.25, 0.3) is 28.2 Å². The van der Waals surface area contributed by atoms with Crippen molar-refractivity contribution in [1.82, 2.24) is 9.38 Å². The first-order valence-electron chi connectivity index (χ1n) is 10.8. The number of pyridine rings is 1. The Labute approximate surface area is 179 Å². The molecule has 4 aromatic rings. The predicted molar refractivity (Wildman–Crippen MR) is 129 cm³/mol. The van der Waals surface area contributed by atoms with Gasteiger partial charge in [-0.3, -0.25) is 4.40 Å². The second kappa shape index (κ2) is 6.93. The summed E-state index contributed by atoms with van der Waals surface area (Å²) in [6.07, 6.45) is 5.58. The van der Waals surface area contributed by atoms with Crippen molar-refractivity contribution in [3.63, 3.8) is 0 Å². The number of imidazole rings is 1. The molecule has 0 aliphatic heterocycles. The molecule has 0 bridgehead atoms. The minimum absolute atomic E-state index is 0.133. The monoisotopic (exact) mass is 411 g/mol. The average Bonchev–Trinajstić information content (AvgIpc) is 3.11. The number of rotatable bonds is 4. The van der Waals surface area contributed by atoms with Gasteiger partial charge in [0, 0.05) is 22.9 Å². The summed E-state index contributed by atoms with van der Waals surface area (Å²) in [4.78, 5) is 5.11. The Kier molecular flexibility index (Phi) is 4.45. The van der Waals surface area contributed by atoms with Gasteiger partial charge in [0.25, 0.3) is 0 Å². The third-order valence-corrected chi connectivity index (χ3v) is 8.56. The Balaban J connectivity index is 1.68. The van der Waals surface area contributed by atoms with Crippen LogP contribution in [-0.4, -0.2) is 17.5 Å². The normalized spacial score (nSPS) is 15.9. The van der Waals surface area contributed by atoms with Crippen molar-refractivity contribution in [3.8, 4) is 22.5 Å². The van der Waals surface area contributed by atoms with Crippen LogP contribution in [-0.2, 0) is 5.54 Å². The van der Waals surface area contributed by atoms with Gasteiger partial charge in [-0.1, -0.05) is 79.4 Å². The van der Waals surface area contributed by atoms with E-state index in [9.17, 15) is 0 Å². The molecule has 0 radical (unpaired) electrons. The molecule has 0 saturated heterocycles. The van der Waals surface area contributed by atoms with Gasteiger partial charge in [-0.25, -0.2) is 4.98 Å². The summed E-state index contributed by atoms with van der Waals surface area (Å²) in [6.45, 7) is 7.13. The maximum atomic E-state index is 6.54. The Morgan fingerprint density at radius 3 is 2.20 bits per heavy atom. The molecule has 2 heterocycles. The van der Waals surface area contributed by atoms with E-state index < -0.39 is 8.07 Å². The summed E-state index contributed by atoms with van der Waals surface area (Å²) in [6, 6.07) is 23.9. The molecule has 152 valence electrons. The van der Waals surface area contributed by atoms with Crippen molar-refractivity contribution in [2.24, 2.45) is 5.73 Å². The van der Waals surface area contributed by atoms with Crippen molar-refractivity contribution in [2.45, 2.75) is 44.4 Å². The molecule has 1 fully saturated rings. The van der Waals surface area contributed by atoms with E-state index >= 15 is 0 Å². The zero-order valence-electron chi connectivity index (χ0n) is 18.0. The highest BCUT2D eigenvalue weighted by Crippen LogP contribution is 2.40. The second-order valence-corrected chi connectivity index (χ2v) is 14.7. The largest absolute Gasteiger partial charge is 0.321 e. The predicted octanol–water partition coefficient (Wildman–Crippen LogP) is 5.55. The van der Waals surface area contributed by atoms with Crippen molar-refractivity contribution in [3.05, 3.63) is 78.5 Å². The average molecular weight is 412 g/mol. The van der Waals surface area contributed by atoms with Gasteiger partial charge < -0.3 is 5.73 Å². The van der Waals surface area contributed by atoms with Crippen molar-refractivity contribution in [2.75, 3.05) is 0 Å². The third-order valence-electron chi connectivity index (χ3n) is 6.52. The van der Waals surface area contributed by atoms with Gasteiger partial charge in [-0.2, -0.15) is 0 Å². The molecule has 2 aromatic carbocycles. The van der Waals surface area contributed by atoms with Gasteiger partial charge in [0.2, 0.25) is 0 Å². The number of nitrogens with zero attached hydrogens (tertiary/aromatic N) is 2. The van der Waals surface area contributed by atoms with E-state index in [-0.39, 0.29) is 5.54 Å². The van der Waals surface area contributed by atoms with Crippen molar-refractivity contribution in [1.29, 1.82) is 0 Å². The molecule has 3 nitrogen and oxygen atoms in total. The molecule has 0 spiro atoms. The minimum Gasteiger partial charge on any atom is -0.321 e. The first-order valence-corrected chi connectivity index (χ1v) is 14.3. The SMILES string of the molecule is C[Si](C)(C)c1ccn2c(-c3ccccc3)c(-c3ccc(C4(N)CCC4)cc3)nc2c1. The van der Waals surface area contributed by atoms with Crippen molar-refractivity contribution >= 4 is 18.9 Å². The number of hydrogen-bond acceptors (Lipinski definition) is 2. The van der Waals surface area contributed by atoms with E-state index in [1.165, 1.54) is 22.7 Å². The molecule has 30 heavy (non-hydrogen) atoms. The molecule has 4 heteroatoms. The lowest BCUT2D eigenvalue weighted by atomic mass is 9.72. The van der Waals surface area contributed by atoms with E-state index in [0.29, 0.717) is 0 Å². The van der Waals surface area contributed by atoms with Crippen LogP contribution in [0.1, 0.15) is 24.8 Å². The van der Waals surface area contributed by atoms with Crippen LogP contribution in [0.4, 0.5) is 0 Å². The Morgan fingerprint density at radius 1 is 0.900 bits per heavy atom. The van der Waals surface area contributed by atoms with E-state index in [1.54, 1.807) is 0 Å². The van der Waals surface area contributed by atoms with Crippen molar-refractivity contribution < 1.29 is 0 Å². The summed E-state index contributed by atoms with van der Waals surface area (Å²) in [5.74, 6) is 0.